The SMILES string of the molecule is N#Cc1ccc(-c2ccccc2-n2c3ccccc3c3ccccc32)c(-c2cccc(-n3c4ccccc4c4cccc(C#N)c43)c2)c1. The molecule has 0 aliphatic heterocycles. The summed E-state index contributed by atoms with van der Waals surface area (Å²) in [5, 5.41) is 24.7. The highest BCUT2D eigenvalue weighted by Crippen LogP contribution is 2.41. The number of aromatic nitrogens is 2. The predicted molar refractivity (Wildman–Crippen MR) is 195 cm³/mol. The molecule has 4 nitrogen and oxygen atoms in total. The second-order valence-corrected chi connectivity index (χ2v) is 12.0. The second kappa shape index (κ2) is 10.9. The van der Waals surface area contributed by atoms with E-state index in [-0.39, 0.29) is 0 Å². The van der Waals surface area contributed by atoms with Crippen LogP contribution in [-0.4, -0.2) is 9.13 Å². The lowest BCUT2D eigenvalue weighted by Crippen LogP contribution is -1.99. The van der Waals surface area contributed by atoms with Crippen molar-refractivity contribution < 1.29 is 0 Å². The molecule has 0 saturated heterocycles. The van der Waals surface area contributed by atoms with Crippen LogP contribution in [0.4, 0.5) is 0 Å². The van der Waals surface area contributed by atoms with Crippen molar-refractivity contribution >= 4 is 43.6 Å². The van der Waals surface area contributed by atoms with Crippen molar-refractivity contribution in [2.45, 2.75) is 0 Å². The number of nitriles is 2. The molecule has 2 aromatic heterocycles. The van der Waals surface area contributed by atoms with Gasteiger partial charge in [-0.1, -0.05) is 103 Å². The van der Waals surface area contributed by atoms with Gasteiger partial charge in [-0.05, 0) is 71.3 Å². The van der Waals surface area contributed by atoms with Crippen LogP contribution in [0.1, 0.15) is 11.1 Å². The highest BCUT2D eigenvalue weighted by molar-refractivity contribution is 6.11. The van der Waals surface area contributed by atoms with Crippen molar-refractivity contribution in [2.24, 2.45) is 0 Å². The first kappa shape index (κ1) is 27.4. The minimum Gasteiger partial charge on any atom is -0.309 e. The first-order valence-electron chi connectivity index (χ1n) is 15.9. The van der Waals surface area contributed by atoms with Crippen LogP contribution in [0.25, 0.3) is 77.2 Å². The first-order chi connectivity index (χ1) is 23.7. The summed E-state index contributed by atoms with van der Waals surface area (Å²) in [7, 11) is 0. The second-order valence-electron chi connectivity index (χ2n) is 12.0. The summed E-state index contributed by atoms with van der Waals surface area (Å²) in [6, 6.07) is 58.9. The van der Waals surface area contributed by atoms with Crippen LogP contribution in [0.5, 0.6) is 0 Å². The van der Waals surface area contributed by atoms with Crippen molar-refractivity contribution in [3.8, 4) is 45.8 Å². The molecule has 0 aliphatic rings. The molecular weight excluding hydrogens is 585 g/mol. The number of fused-ring (bicyclic) bond motifs is 6. The van der Waals surface area contributed by atoms with Gasteiger partial charge in [-0.3, -0.25) is 0 Å². The molecule has 0 aliphatic carbocycles. The predicted octanol–water partition coefficient (Wildman–Crippen LogP) is 11.0. The minimum atomic E-state index is 0.595. The van der Waals surface area contributed by atoms with Crippen molar-refractivity contribution in [3.05, 3.63) is 169 Å². The third-order valence-electron chi connectivity index (χ3n) is 9.39. The van der Waals surface area contributed by atoms with Gasteiger partial charge in [-0.15, -0.1) is 0 Å². The van der Waals surface area contributed by atoms with Gasteiger partial charge in [0.15, 0.2) is 0 Å². The van der Waals surface area contributed by atoms with Crippen molar-refractivity contribution in [2.75, 3.05) is 0 Å². The molecular formula is C44H26N4. The summed E-state index contributed by atoms with van der Waals surface area (Å²) in [4.78, 5) is 0. The van der Waals surface area contributed by atoms with E-state index in [1.54, 1.807) is 0 Å². The zero-order chi connectivity index (χ0) is 32.2. The van der Waals surface area contributed by atoms with E-state index in [4.69, 9.17) is 0 Å². The maximum absolute atomic E-state index is 10.1. The lowest BCUT2D eigenvalue weighted by molar-refractivity contribution is 1.17. The van der Waals surface area contributed by atoms with E-state index in [0.29, 0.717) is 11.1 Å². The van der Waals surface area contributed by atoms with Crippen LogP contribution in [0.15, 0.2) is 158 Å². The van der Waals surface area contributed by atoms with Crippen LogP contribution in [0.3, 0.4) is 0 Å². The van der Waals surface area contributed by atoms with Crippen LogP contribution in [0.2, 0.25) is 0 Å². The number of nitrogens with zero attached hydrogens (tertiary/aromatic N) is 4. The largest absolute Gasteiger partial charge is 0.309 e. The third-order valence-corrected chi connectivity index (χ3v) is 9.39. The van der Waals surface area contributed by atoms with Crippen molar-refractivity contribution in [1.82, 2.24) is 9.13 Å². The van der Waals surface area contributed by atoms with E-state index in [2.05, 4.69) is 143 Å². The van der Waals surface area contributed by atoms with E-state index in [1.807, 2.05) is 36.4 Å². The Morgan fingerprint density at radius 3 is 1.73 bits per heavy atom. The third kappa shape index (κ3) is 4.07. The van der Waals surface area contributed by atoms with Gasteiger partial charge in [0.05, 0.1) is 45.0 Å². The summed E-state index contributed by atoms with van der Waals surface area (Å²) in [5.74, 6) is 0. The van der Waals surface area contributed by atoms with Gasteiger partial charge in [0.25, 0.3) is 0 Å². The molecule has 0 atom stereocenters. The maximum Gasteiger partial charge on any atom is 0.101 e. The molecule has 222 valence electrons. The Balaban J connectivity index is 1.30. The van der Waals surface area contributed by atoms with E-state index in [9.17, 15) is 10.5 Å². The number of hydrogen-bond donors (Lipinski definition) is 0. The molecule has 0 bridgehead atoms. The number of hydrogen-bond acceptors (Lipinski definition) is 2. The average molecular weight is 611 g/mol. The molecule has 0 amide bonds. The topological polar surface area (TPSA) is 57.4 Å². The van der Waals surface area contributed by atoms with Crippen LogP contribution < -0.4 is 0 Å². The fourth-order valence-electron chi connectivity index (χ4n) is 7.36. The lowest BCUT2D eigenvalue weighted by atomic mass is 9.91. The summed E-state index contributed by atoms with van der Waals surface area (Å²) >= 11 is 0. The summed E-state index contributed by atoms with van der Waals surface area (Å²) in [6.07, 6.45) is 0. The molecule has 2 heterocycles. The van der Waals surface area contributed by atoms with Gasteiger partial charge in [-0.25, -0.2) is 0 Å². The summed E-state index contributed by atoms with van der Waals surface area (Å²) in [6.45, 7) is 0. The Morgan fingerprint density at radius 2 is 1.02 bits per heavy atom. The molecule has 48 heavy (non-hydrogen) atoms. The molecule has 0 fully saturated rings. The Kier molecular flexibility index (Phi) is 6.22. The van der Waals surface area contributed by atoms with Gasteiger partial charge in [-0.2, -0.15) is 10.5 Å². The fraction of sp³-hybridized carbons (Fsp3) is 0. The van der Waals surface area contributed by atoms with E-state index < -0.39 is 0 Å². The highest BCUT2D eigenvalue weighted by Gasteiger charge is 2.19. The number of para-hydroxylation sites is 5. The smallest absolute Gasteiger partial charge is 0.101 e. The first-order valence-corrected chi connectivity index (χ1v) is 15.9. The van der Waals surface area contributed by atoms with Gasteiger partial charge in [0, 0.05) is 32.8 Å². The molecule has 7 aromatic carbocycles. The molecule has 4 heteroatoms. The zero-order valence-electron chi connectivity index (χ0n) is 25.8. The van der Waals surface area contributed by atoms with Gasteiger partial charge >= 0.3 is 0 Å². The average Bonchev–Trinajstić information content (AvgIpc) is 3.68. The minimum absolute atomic E-state index is 0.595. The van der Waals surface area contributed by atoms with Crippen molar-refractivity contribution in [1.29, 1.82) is 10.5 Å². The Hall–Kier alpha value is -6.88. The molecule has 9 aromatic rings. The molecule has 0 saturated carbocycles. The standard InChI is InChI=1S/C44H26N4/c45-27-29-23-24-33(34-14-1-6-20-41(34)48-42-21-7-2-15-35(42)36-16-3-8-22-43(36)48)39(25-29)30-11-9-13-32(26-30)47-40-19-5-4-17-37(40)38-18-10-12-31(28-46)44(38)47/h1-26H. The monoisotopic (exact) mass is 610 g/mol. The van der Waals surface area contributed by atoms with E-state index >= 15 is 0 Å². The number of rotatable bonds is 4. The highest BCUT2D eigenvalue weighted by atomic mass is 15.0. The Bertz CT molecular complexity index is 2760. The lowest BCUT2D eigenvalue weighted by Gasteiger charge is -2.18. The van der Waals surface area contributed by atoms with Gasteiger partial charge in [0.2, 0.25) is 0 Å². The molecule has 0 spiro atoms. The van der Waals surface area contributed by atoms with E-state index in [0.717, 1.165) is 66.5 Å². The van der Waals surface area contributed by atoms with Gasteiger partial charge in [0.1, 0.15) is 6.07 Å². The van der Waals surface area contributed by atoms with Crippen LogP contribution in [0, 0.1) is 22.7 Å². The normalized spacial score (nSPS) is 11.3. The van der Waals surface area contributed by atoms with E-state index in [1.165, 1.54) is 10.8 Å². The van der Waals surface area contributed by atoms with Crippen LogP contribution >= 0.6 is 0 Å². The Labute approximate surface area is 277 Å². The Morgan fingerprint density at radius 1 is 0.417 bits per heavy atom. The maximum atomic E-state index is 10.1. The molecule has 0 radical (unpaired) electrons. The molecule has 0 N–H and O–H groups in total. The summed E-state index contributed by atoms with van der Waals surface area (Å²) in [5.41, 5.74) is 11.5. The van der Waals surface area contributed by atoms with Gasteiger partial charge < -0.3 is 9.13 Å². The zero-order valence-corrected chi connectivity index (χ0v) is 25.8. The molecule has 0 unspecified atom stereocenters. The molecule has 9 rings (SSSR count). The summed E-state index contributed by atoms with van der Waals surface area (Å²) < 4.78 is 4.53. The van der Waals surface area contributed by atoms with Crippen molar-refractivity contribution in [3.63, 3.8) is 0 Å². The quantitative estimate of drug-likeness (QED) is 0.199. The van der Waals surface area contributed by atoms with Crippen LogP contribution in [-0.2, 0) is 0 Å². The fourth-order valence-corrected chi connectivity index (χ4v) is 7.36. The number of benzene rings is 7.